The van der Waals surface area contributed by atoms with E-state index in [1.807, 2.05) is 30.3 Å². The predicted molar refractivity (Wildman–Crippen MR) is 123 cm³/mol. The molecule has 0 aliphatic carbocycles. The molecule has 0 spiro atoms. The van der Waals surface area contributed by atoms with Crippen LogP contribution in [0, 0.1) is 0 Å². The van der Waals surface area contributed by atoms with Crippen LogP contribution in [-0.4, -0.2) is 34.1 Å². The Morgan fingerprint density at radius 3 is 1.88 bits per heavy atom. The molecule has 3 aromatic rings. The maximum absolute atomic E-state index is 12.8. The molecule has 1 amide bonds. The predicted octanol–water partition coefficient (Wildman–Crippen LogP) is 3.27. The van der Waals surface area contributed by atoms with E-state index in [0.717, 1.165) is 5.56 Å². The van der Waals surface area contributed by atoms with Crippen molar-refractivity contribution in [3.63, 3.8) is 0 Å². The van der Waals surface area contributed by atoms with Crippen molar-refractivity contribution in [3.8, 4) is 0 Å². The van der Waals surface area contributed by atoms with E-state index in [0.29, 0.717) is 5.69 Å². The summed E-state index contributed by atoms with van der Waals surface area (Å²) < 4.78 is 54.5. The summed E-state index contributed by atoms with van der Waals surface area (Å²) in [5.41, 5.74) is 1.55. The molecule has 0 atom stereocenters. The quantitative estimate of drug-likeness (QED) is 0.521. The lowest BCUT2D eigenvalue weighted by Gasteiger charge is -2.17. The summed E-state index contributed by atoms with van der Waals surface area (Å²) in [5.74, 6) is -0.261. The number of amides is 1. The first-order valence-electron chi connectivity index (χ1n) is 9.59. The third-order valence-electron chi connectivity index (χ3n) is 4.55. The highest BCUT2D eigenvalue weighted by molar-refractivity contribution is 7.92. The van der Waals surface area contributed by atoms with Gasteiger partial charge in [-0.25, -0.2) is 16.8 Å². The largest absolute Gasteiger partial charge is 0.326 e. The molecule has 0 saturated heterocycles. The number of benzene rings is 3. The van der Waals surface area contributed by atoms with Crippen LogP contribution >= 0.6 is 0 Å². The van der Waals surface area contributed by atoms with E-state index >= 15 is 0 Å². The first-order valence-corrected chi connectivity index (χ1v) is 12.5. The maximum Gasteiger partial charge on any atom is 0.261 e. The SMILES string of the molecule is CC(=O)Nc1ccc(S(=O)(=O)Nc2ccc(S(=O)(=O)N(C)Cc3ccccc3)cc2)cc1. The fourth-order valence-electron chi connectivity index (χ4n) is 2.94. The fourth-order valence-corrected chi connectivity index (χ4v) is 5.15. The Morgan fingerprint density at radius 2 is 1.31 bits per heavy atom. The highest BCUT2D eigenvalue weighted by Crippen LogP contribution is 2.22. The van der Waals surface area contributed by atoms with Crippen LogP contribution in [0.3, 0.4) is 0 Å². The van der Waals surface area contributed by atoms with Crippen LogP contribution in [0.25, 0.3) is 0 Å². The topological polar surface area (TPSA) is 113 Å². The normalized spacial score (nSPS) is 11.8. The van der Waals surface area contributed by atoms with E-state index < -0.39 is 20.0 Å². The van der Waals surface area contributed by atoms with Gasteiger partial charge >= 0.3 is 0 Å². The van der Waals surface area contributed by atoms with Gasteiger partial charge in [-0.1, -0.05) is 30.3 Å². The molecule has 0 aliphatic rings. The second kappa shape index (κ2) is 9.51. The molecular formula is C22H23N3O5S2. The number of carbonyl (C=O) groups excluding carboxylic acids is 1. The summed E-state index contributed by atoms with van der Waals surface area (Å²) in [6.07, 6.45) is 0. The smallest absolute Gasteiger partial charge is 0.261 e. The van der Waals surface area contributed by atoms with Crippen molar-refractivity contribution in [3.05, 3.63) is 84.4 Å². The minimum absolute atomic E-state index is 0.00546. The molecule has 0 bridgehead atoms. The summed E-state index contributed by atoms with van der Waals surface area (Å²) in [4.78, 5) is 11.1. The first-order chi connectivity index (χ1) is 15.1. The number of sulfonamides is 2. The van der Waals surface area contributed by atoms with Gasteiger partial charge in [0.25, 0.3) is 10.0 Å². The van der Waals surface area contributed by atoms with E-state index in [9.17, 15) is 21.6 Å². The van der Waals surface area contributed by atoms with Gasteiger partial charge in [0.15, 0.2) is 0 Å². The van der Waals surface area contributed by atoms with Gasteiger partial charge < -0.3 is 5.32 Å². The Hall–Kier alpha value is -3.21. The van der Waals surface area contributed by atoms with Gasteiger partial charge in [-0.05, 0) is 54.1 Å². The van der Waals surface area contributed by atoms with Crippen molar-refractivity contribution in [1.29, 1.82) is 0 Å². The zero-order valence-corrected chi connectivity index (χ0v) is 19.2. The van der Waals surface area contributed by atoms with Crippen molar-refractivity contribution in [2.75, 3.05) is 17.1 Å². The summed E-state index contributed by atoms with van der Waals surface area (Å²) in [6.45, 7) is 1.57. The standard InChI is InChI=1S/C22H23N3O5S2/c1-17(26)23-19-8-12-21(13-9-19)31(27,28)24-20-10-14-22(15-11-20)32(29,30)25(2)16-18-6-4-3-5-7-18/h3-15,24H,16H2,1-2H3,(H,23,26). The summed E-state index contributed by atoms with van der Waals surface area (Å²) in [6, 6.07) is 20.4. The van der Waals surface area contributed by atoms with Gasteiger partial charge in [-0.15, -0.1) is 0 Å². The van der Waals surface area contributed by atoms with E-state index in [1.54, 1.807) is 0 Å². The number of anilines is 2. The molecule has 3 aromatic carbocycles. The molecular weight excluding hydrogens is 450 g/mol. The van der Waals surface area contributed by atoms with Gasteiger partial charge in [-0.2, -0.15) is 4.31 Å². The van der Waals surface area contributed by atoms with Crippen LogP contribution in [0.2, 0.25) is 0 Å². The van der Waals surface area contributed by atoms with Crippen LogP contribution in [0.15, 0.2) is 88.7 Å². The van der Waals surface area contributed by atoms with E-state index in [-0.39, 0.29) is 27.9 Å². The number of carbonyl (C=O) groups is 1. The molecule has 0 fully saturated rings. The van der Waals surface area contributed by atoms with Gasteiger partial charge in [0, 0.05) is 31.9 Å². The molecule has 0 aromatic heterocycles. The Bertz CT molecular complexity index is 1290. The minimum atomic E-state index is -3.89. The van der Waals surface area contributed by atoms with Gasteiger partial charge in [0.05, 0.1) is 9.79 Å². The van der Waals surface area contributed by atoms with Crippen LogP contribution in [0.4, 0.5) is 11.4 Å². The number of hydrogen-bond acceptors (Lipinski definition) is 5. The molecule has 0 saturated carbocycles. The van der Waals surface area contributed by atoms with E-state index in [1.165, 1.54) is 66.8 Å². The molecule has 0 aliphatic heterocycles. The van der Waals surface area contributed by atoms with Crippen LogP contribution in [0.5, 0.6) is 0 Å². The third kappa shape index (κ3) is 5.72. The van der Waals surface area contributed by atoms with Crippen molar-refractivity contribution in [1.82, 2.24) is 4.31 Å². The van der Waals surface area contributed by atoms with Gasteiger partial charge in [0.2, 0.25) is 15.9 Å². The second-order valence-corrected chi connectivity index (χ2v) is 10.8. The van der Waals surface area contributed by atoms with Crippen LogP contribution in [-0.2, 0) is 31.4 Å². The summed E-state index contributed by atoms with van der Waals surface area (Å²) in [7, 11) is -6.14. The molecule has 10 heteroatoms. The minimum Gasteiger partial charge on any atom is -0.326 e. The monoisotopic (exact) mass is 473 g/mol. The molecule has 3 rings (SSSR count). The zero-order chi connectivity index (χ0) is 23.4. The molecule has 0 heterocycles. The lowest BCUT2D eigenvalue weighted by Crippen LogP contribution is -2.26. The molecule has 0 unspecified atom stereocenters. The average molecular weight is 474 g/mol. The van der Waals surface area contributed by atoms with Crippen molar-refractivity contribution >= 4 is 37.3 Å². The Morgan fingerprint density at radius 1 is 0.781 bits per heavy atom. The Balaban J connectivity index is 1.72. The lowest BCUT2D eigenvalue weighted by atomic mass is 10.2. The van der Waals surface area contributed by atoms with Crippen molar-refractivity contribution < 1.29 is 21.6 Å². The Labute approximate surface area is 188 Å². The number of hydrogen-bond donors (Lipinski definition) is 2. The highest BCUT2D eigenvalue weighted by Gasteiger charge is 2.21. The number of nitrogens with one attached hydrogen (secondary N) is 2. The molecule has 2 N–H and O–H groups in total. The number of nitrogens with zero attached hydrogens (tertiary/aromatic N) is 1. The van der Waals surface area contributed by atoms with Crippen LogP contribution in [0.1, 0.15) is 12.5 Å². The molecule has 0 radical (unpaired) electrons. The molecule has 32 heavy (non-hydrogen) atoms. The first kappa shape index (κ1) is 23.5. The van der Waals surface area contributed by atoms with Gasteiger partial charge in [0.1, 0.15) is 0 Å². The zero-order valence-electron chi connectivity index (χ0n) is 17.5. The average Bonchev–Trinajstić information content (AvgIpc) is 2.74. The van der Waals surface area contributed by atoms with Crippen molar-refractivity contribution in [2.45, 2.75) is 23.3 Å². The molecule has 8 nitrogen and oxygen atoms in total. The Kier molecular flexibility index (Phi) is 6.97. The fraction of sp³-hybridized carbons (Fsp3) is 0.136. The van der Waals surface area contributed by atoms with E-state index in [2.05, 4.69) is 10.0 Å². The molecule has 168 valence electrons. The second-order valence-electron chi connectivity index (χ2n) is 7.08. The van der Waals surface area contributed by atoms with Crippen LogP contribution < -0.4 is 10.0 Å². The van der Waals surface area contributed by atoms with Crippen molar-refractivity contribution in [2.24, 2.45) is 0 Å². The summed E-state index contributed by atoms with van der Waals surface area (Å²) in [5, 5.41) is 2.56. The number of rotatable bonds is 8. The summed E-state index contributed by atoms with van der Waals surface area (Å²) >= 11 is 0. The van der Waals surface area contributed by atoms with E-state index in [4.69, 9.17) is 0 Å². The van der Waals surface area contributed by atoms with Gasteiger partial charge in [-0.3, -0.25) is 9.52 Å². The third-order valence-corrected chi connectivity index (χ3v) is 7.76. The lowest BCUT2D eigenvalue weighted by molar-refractivity contribution is -0.114. The maximum atomic E-state index is 12.8. The highest BCUT2D eigenvalue weighted by atomic mass is 32.2.